The van der Waals surface area contributed by atoms with Crippen LogP contribution in [0.25, 0.3) is 0 Å². The fourth-order valence-electron chi connectivity index (χ4n) is 1.30. The number of hydrogen-bond acceptors (Lipinski definition) is 4. The number of carbonyl (C=O) groups excluding carboxylic acids is 1. The van der Waals surface area contributed by atoms with E-state index in [0.29, 0.717) is 18.0 Å². The molecule has 0 spiro atoms. The summed E-state index contributed by atoms with van der Waals surface area (Å²) < 4.78 is 5.01. The average Bonchev–Trinajstić information content (AvgIpc) is 2.37. The molecule has 1 rings (SSSR count). The summed E-state index contributed by atoms with van der Waals surface area (Å²) in [6, 6.07) is 6.55. The summed E-state index contributed by atoms with van der Waals surface area (Å²) in [5.74, 6) is -0.862. The number of anilines is 1. The van der Waals surface area contributed by atoms with Crippen molar-refractivity contribution in [2.24, 2.45) is 0 Å². The van der Waals surface area contributed by atoms with Gasteiger partial charge in [-0.2, -0.15) is 0 Å². The van der Waals surface area contributed by atoms with E-state index in [1.165, 1.54) is 0 Å². The van der Waals surface area contributed by atoms with Gasteiger partial charge in [0.25, 0.3) is 0 Å². The number of aliphatic carboxylic acids is 1. The first-order valence-electron chi connectivity index (χ1n) is 5.68. The second kappa shape index (κ2) is 7.88. The van der Waals surface area contributed by atoms with E-state index in [0.717, 1.165) is 0 Å². The first-order valence-corrected chi connectivity index (χ1v) is 5.68. The number of ether oxygens (including phenoxy) is 1. The minimum atomic E-state index is -1.05. The van der Waals surface area contributed by atoms with E-state index >= 15 is 0 Å². The van der Waals surface area contributed by atoms with Crippen LogP contribution in [-0.4, -0.2) is 36.7 Å². The van der Waals surface area contributed by atoms with Gasteiger partial charge in [-0.15, -0.1) is 6.58 Å². The van der Waals surface area contributed by atoms with Gasteiger partial charge in [0.1, 0.15) is 5.75 Å². The lowest BCUT2D eigenvalue weighted by molar-refractivity contribution is -0.139. The van der Waals surface area contributed by atoms with Crippen LogP contribution in [0.4, 0.5) is 5.69 Å². The second-order valence-corrected chi connectivity index (χ2v) is 3.68. The summed E-state index contributed by atoms with van der Waals surface area (Å²) in [5, 5.41) is 14.0. The molecule has 1 amide bonds. The average molecular weight is 264 g/mol. The Kier molecular flexibility index (Phi) is 6.11. The topological polar surface area (TPSA) is 87.7 Å². The molecule has 102 valence electrons. The predicted molar refractivity (Wildman–Crippen MR) is 71.3 cm³/mol. The summed E-state index contributed by atoms with van der Waals surface area (Å²) in [5.41, 5.74) is 0.549. The lowest BCUT2D eigenvalue weighted by Crippen LogP contribution is -2.28. The molecule has 0 unspecified atom stereocenters. The third kappa shape index (κ3) is 6.23. The minimum Gasteiger partial charge on any atom is -0.482 e. The van der Waals surface area contributed by atoms with Crippen LogP contribution in [0.1, 0.15) is 0 Å². The molecule has 6 heteroatoms. The van der Waals surface area contributed by atoms with Crippen LogP contribution in [0.15, 0.2) is 36.9 Å². The molecule has 0 aliphatic rings. The second-order valence-electron chi connectivity index (χ2n) is 3.68. The summed E-state index contributed by atoms with van der Waals surface area (Å²) in [7, 11) is 0. The predicted octanol–water partition coefficient (Wildman–Crippen LogP) is 0.864. The molecule has 0 aliphatic carbocycles. The Labute approximate surface area is 111 Å². The van der Waals surface area contributed by atoms with Crippen LogP contribution in [0, 0.1) is 0 Å². The molecule has 0 atom stereocenters. The Balaban J connectivity index is 2.49. The highest BCUT2D eigenvalue weighted by Crippen LogP contribution is 2.17. The van der Waals surface area contributed by atoms with Crippen LogP contribution in [-0.2, 0) is 9.59 Å². The summed E-state index contributed by atoms with van der Waals surface area (Å²) >= 11 is 0. The maximum atomic E-state index is 11.5. The van der Waals surface area contributed by atoms with Crippen LogP contribution < -0.4 is 15.4 Å². The van der Waals surface area contributed by atoms with E-state index in [4.69, 9.17) is 9.84 Å². The highest BCUT2D eigenvalue weighted by atomic mass is 16.5. The molecule has 6 nitrogen and oxygen atoms in total. The maximum Gasteiger partial charge on any atom is 0.341 e. The molecule has 0 aliphatic heterocycles. The molecule has 0 bridgehead atoms. The molecular formula is C13H16N2O4. The van der Waals surface area contributed by atoms with Gasteiger partial charge in [0.05, 0.1) is 6.54 Å². The van der Waals surface area contributed by atoms with E-state index in [2.05, 4.69) is 17.2 Å². The number of carboxylic acid groups (broad SMARTS) is 1. The van der Waals surface area contributed by atoms with Crippen molar-refractivity contribution >= 4 is 17.6 Å². The fourth-order valence-corrected chi connectivity index (χ4v) is 1.30. The number of rotatable bonds is 8. The van der Waals surface area contributed by atoms with E-state index in [1.54, 1.807) is 30.3 Å². The molecule has 0 saturated heterocycles. The first-order chi connectivity index (χ1) is 9.11. The minimum absolute atomic E-state index is 0.173. The molecule has 0 heterocycles. The van der Waals surface area contributed by atoms with Crippen molar-refractivity contribution in [3.63, 3.8) is 0 Å². The zero-order valence-electron chi connectivity index (χ0n) is 10.4. The normalized spacial score (nSPS) is 9.68. The monoisotopic (exact) mass is 264 g/mol. The molecule has 0 fully saturated rings. The highest BCUT2D eigenvalue weighted by Gasteiger charge is 2.03. The molecular weight excluding hydrogens is 248 g/mol. The summed E-state index contributed by atoms with van der Waals surface area (Å²) in [4.78, 5) is 21.9. The lowest BCUT2D eigenvalue weighted by Gasteiger charge is -2.08. The van der Waals surface area contributed by atoms with Gasteiger partial charge < -0.3 is 20.5 Å². The van der Waals surface area contributed by atoms with Crippen molar-refractivity contribution in [2.75, 3.05) is 25.0 Å². The van der Waals surface area contributed by atoms with Crippen molar-refractivity contribution in [1.29, 1.82) is 0 Å². The molecule has 0 aromatic heterocycles. The van der Waals surface area contributed by atoms with Crippen molar-refractivity contribution in [3.8, 4) is 5.75 Å². The van der Waals surface area contributed by atoms with Gasteiger partial charge in [-0.05, 0) is 12.1 Å². The number of carboxylic acids is 1. The molecule has 0 radical (unpaired) electrons. The van der Waals surface area contributed by atoms with Gasteiger partial charge in [0.15, 0.2) is 6.61 Å². The fraction of sp³-hybridized carbons (Fsp3) is 0.231. The van der Waals surface area contributed by atoms with E-state index in [9.17, 15) is 9.59 Å². The Morgan fingerprint density at radius 3 is 2.89 bits per heavy atom. The number of benzene rings is 1. The third-order valence-electron chi connectivity index (χ3n) is 2.05. The van der Waals surface area contributed by atoms with Gasteiger partial charge in [-0.3, -0.25) is 4.79 Å². The maximum absolute atomic E-state index is 11.5. The van der Waals surface area contributed by atoms with Crippen LogP contribution in [0.3, 0.4) is 0 Å². The number of hydrogen-bond donors (Lipinski definition) is 3. The van der Waals surface area contributed by atoms with E-state index in [-0.39, 0.29) is 12.5 Å². The molecule has 3 N–H and O–H groups in total. The van der Waals surface area contributed by atoms with Crippen molar-refractivity contribution in [1.82, 2.24) is 5.32 Å². The van der Waals surface area contributed by atoms with Gasteiger partial charge >= 0.3 is 5.97 Å². The molecule has 19 heavy (non-hydrogen) atoms. The molecule has 1 aromatic rings. The Bertz CT molecular complexity index is 460. The molecule has 0 saturated carbocycles. The van der Waals surface area contributed by atoms with Crippen LogP contribution in [0.5, 0.6) is 5.75 Å². The van der Waals surface area contributed by atoms with E-state index < -0.39 is 12.6 Å². The van der Waals surface area contributed by atoms with Gasteiger partial charge in [-0.25, -0.2) is 4.79 Å². The molecule has 1 aromatic carbocycles. The van der Waals surface area contributed by atoms with Crippen molar-refractivity contribution in [2.45, 2.75) is 0 Å². The number of carbonyl (C=O) groups is 2. The first kappa shape index (κ1) is 14.7. The summed E-state index contributed by atoms with van der Waals surface area (Å²) in [6.07, 6.45) is 1.66. The Hall–Kier alpha value is -2.34. The SMILES string of the molecule is C=CCNCC(=O)Nc1cccc(OCC(=O)O)c1. The van der Waals surface area contributed by atoms with E-state index in [1.807, 2.05) is 0 Å². The zero-order valence-corrected chi connectivity index (χ0v) is 10.4. The number of nitrogens with one attached hydrogen (secondary N) is 2. The number of amides is 1. The third-order valence-corrected chi connectivity index (χ3v) is 2.05. The van der Waals surface area contributed by atoms with Crippen LogP contribution >= 0.6 is 0 Å². The van der Waals surface area contributed by atoms with Crippen molar-refractivity contribution < 1.29 is 19.4 Å². The van der Waals surface area contributed by atoms with Gasteiger partial charge in [0, 0.05) is 18.3 Å². The quantitative estimate of drug-likeness (QED) is 0.479. The van der Waals surface area contributed by atoms with Crippen LogP contribution in [0.2, 0.25) is 0 Å². The zero-order chi connectivity index (χ0) is 14.1. The highest BCUT2D eigenvalue weighted by molar-refractivity contribution is 5.92. The largest absolute Gasteiger partial charge is 0.482 e. The van der Waals surface area contributed by atoms with Crippen molar-refractivity contribution in [3.05, 3.63) is 36.9 Å². The summed E-state index contributed by atoms with van der Waals surface area (Å²) in [6.45, 7) is 3.83. The Morgan fingerprint density at radius 1 is 1.42 bits per heavy atom. The smallest absolute Gasteiger partial charge is 0.341 e. The standard InChI is InChI=1S/C13H16N2O4/c1-2-6-14-8-12(16)15-10-4-3-5-11(7-10)19-9-13(17)18/h2-5,7,14H,1,6,8-9H2,(H,15,16)(H,17,18). The van der Waals surface area contributed by atoms with Gasteiger partial charge in [0.2, 0.25) is 5.91 Å². The lowest BCUT2D eigenvalue weighted by atomic mass is 10.3. The Morgan fingerprint density at radius 2 is 2.21 bits per heavy atom. The van der Waals surface area contributed by atoms with Gasteiger partial charge in [-0.1, -0.05) is 12.1 Å².